The molecule has 0 saturated carbocycles. The van der Waals surface area contributed by atoms with Crippen LogP contribution in [-0.2, 0) is 20.1 Å². The van der Waals surface area contributed by atoms with E-state index in [0.29, 0.717) is 23.5 Å². The number of hydrogen-bond donors (Lipinski definition) is 1. The third kappa shape index (κ3) is 4.33. The number of H-pyrrole nitrogens is 1. The summed E-state index contributed by atoms with van der Waals surface area (Å²) in [5.74, 6) is 0.124. The second-order valence-corrected chi connectivity index (χ2v) is 6.94. The molecule has 0 amide bonds. The first-order valence-electron chi connectivity index (χ1n) is 8.42. The van der Waals surface area contributed by atoms with E-state index in [1.165, 1.54) is 12.1 Å². The van der Waals surface area contributed by atoms with Crippen molar-refractivity contribution in [1.82, 2.24) is 19.7 Å². The molecule has 0 spiro atoms. The zero-order chi connectivity index (χ0) is 18.0. The standard InChI is InChI=1S/C19H23FN4O/c1-13(2)9-24(11-14-8-21-23(3)10-14)12-16-6-15-4-5-17(20)7-18(15)22-19(16)25/h4-8,10,13H,9,11-12H2,1-3H3,(H,22,25). The molecule has 3 aromatic rings. The van der Waals surface area contributed by atoms with Gasteiger partial charge in [0.05, 0.1) is 11.7 Å². The highest BCUT2D eigenvalue weighted by Crippen LogP contribution is 2.15. The molecule has 3 rings (SSSR count). The van der Waals surface area contributed by atoms with Crippen molar-refractivity contribution in [3.8, 4) is 0 Å². The van der Waals surface area contributed by atoms with Crippen LogP contribution in [0.3, 0.4) is 0 Å². The van der Waals surface area contributed by atoms with E-state index >= 15 is 0 Å². The highest BCUT2D eigenvalue weighted by Gasteiger charge is 2.13. The first-order valence-corrected chi connectivity index (χ1v) is 8.42. The molecule has 6 heteroatoms. The largest absolute Gasteiger partial charge is 0.322 e. The molecular formula is C19H23FN4O. The normalized spacial score (nSPS) is 11.8. The Kier molecular flexibility index (Phi) is 4.99. The van der Waals surface area contributed by atoms with E-state index in [9.17, 15) is 9.18 Å². The second-order valence-electron chi connectivity index (χ2n) is 6.94. The number of aryl methyl sites for hydroxylation is 1. The lowest BCUT2D eigenvalue weighted by atomic mass is 10.1. The van der Waals surface area contributed by atoms with Gasteiger partial charge in [0.2, 0.25) is 0 Å². The van der Waals surface area contributed by atoms with Gasteiger partial charge in [0.1, 0.15) is 5.82 Å². The number of pyridine rings is 1. The van der Waals surface area contributed by atoms with Gasteiger partial charge >= 0.3 is 0 Å². The Morgan fingerprint density at radius 3 is 2.76 bits per heavy atom. The molecule has 132 valence electrons. The van der Waals surface area contributed by atoms with E-state index in [2.05, 4.69) is 28.8 Å². The Balaban J connectivity index is 1.87. The minimum Gasteiger partial charge on any atom is -0.322 e. The average Bonchev–Trinajstić information content (AvgIpc) is 2.92. The molecule has 1 aromatic carbocycles. The lowest BCUT2D eigenvalue weighted by Gasteiger charge is -2.23. The monoisotopic (exact) mass is 342 g/mol. The quantitative estimate of drug-likeness (QED) is 0.749. The summed E-state index contributed by atoms with van der Waals surface area (Å²) in [5.41, 5.74) is 2.15. The summed E-state index contributed by atoms with van der Waals surface area (Å²) in [5, 5.41) is 5.04. The Bertz CT molecular complexity index is 929. The Hall–Kier alpha value is -2.47. The predicted molar refractivity (Wildman–Crippen MR) is 96.7 cm³/mol. The van der Waals surface area contributed by atoms with Crippen molar-refractivity contribution in [3.63, 3.8) is 0 Å². The van der Waals surface area contributed by atoms with Crippen molar-refractivity contribution >= 4 is 10.9 Å². The van der Waals surface area contributed by atoms with E-state index in [-0.39, 0.29) is 11.4 Å². The van der Waals surface area contributed by atoms with E-state index in [1.807, 2.05) is 25.5 Å². The number of hydrogen-bond acceptors (Lipinski definition) is 3. The molecular weight excluding hydrogens is 319 g/mol. The third-order valence-corrected chi connectivity index (χ3v) is 4.07. The fraction of sp³-hybridized carbons (Fsp3) is 0.368. The molecule has 0 atom stereocenters. The van der Waals surface area contributed by atoms with Crippen molar-refractivity contribution in [3.05, 3.63) is 64.0 Å². The van der Waals surface area contributed by atoms with Gasteiger partial charge in [-0.25, -0.2) is 4.39 Å². The van der Waals surface area contributed by atoms with Gasteiger partial charge < -0.3 is 4.98 Å². The summed E-state index contributed by atoms with van der Waals surface area (Å²) in [7, 11) is 1.89. The number of aromatic amines is 1. The van der Waals surface area contributed by atoms with Gasteiger partial charge in [0, 0.05) is 44.0 Å². The van der Waals surface area contributed by atoms with Crippen LogP contribution in [0.1, 0.15) is 25.0 Å². The van der Waals surface area contributed by atoms with Gasteiger partial charge in [0.15, 0.2) is 0 Å². The number of fused-ring (bicyclic) bond motifs is 1. The molecule has 5 nitrogen and oxygen atoms in total. The van der Waals surface area contributed by atoms with E-state index in [4.69, 9.17) is 0 Å². The fourth-order valence-corrected chi connectivity index (χ4v) is 3.09. The topological polar surface area (TPSA) is 53.9 Å². The first kappa shape index (κ1) is 17.4. The molecule has 2 heterocycles. The number of rotatable bonds is 6. The van der Waals surface area contributed by atoms with Gasteiger partial charge in [-0.15, -0.1) is 0 Å². The number of nitrogens with zero attached hydrogens (tertiary/aromatic N) is 3. The summed E-state index contributed by atoms with van der Waals surface area (Å²) in [6.07, 6.45) is 3.83. The highest BCUT2D eigenvalue weighted by atomic mass is 19.1. The zero-order valence-corrected chi connectivity index (χ0v) is 14.8. The lowest BCUT2D eigenvalue weighted by Crippen LogP contribution is -2.29. The number of aromatic nitrogens is 3. The van der Waals surface area contributed by atoms with E-state index in [1.54, 1.807) is 10.7 Å². The van der Waals surface area contributed by atoms with Crippen LogP contribution in [0.2, 0.25) is 0 Å². The van der Waals surface area contributed by atoms with Gasteiger partial charge in [-0.05, 0) is 35.6 Å². The Labute approximate surface area is 146 Å². The highest BCUT2D eigenvalue weighted by molar-refractivity contribution is 5.78. The number of benzene rings is 1. The van der Waals surface area contributed by atoms with Crippen LogP contribution >= 0.6 is 0 Å². The third-order valence-electron chi connectivity index (χ3n) is 4.07. The lowest BCUT2D eigenvalue weighted by molar-refractivity contribution is 0.227. The number of halogens is 1. The number of nitrogens with one attached hydrogen (secondary N) is 1. The van der Waals surface area contributed by atoms with Crippen molar-refractivity contribution in [1.29, 1.82) is 0 Å². The second kappa shape index (κ2) is 7.19. The van der Waals surface area contributed by atoms with Crippen molar-refractivity contribution in [2.24, 2.45) is 13.0 Å². The maximum Gasteiger partial charge on any atom is 0.252 e. The van der Waals surface area contributed by atoms with Gasteiger partial charge in [-0.1, -0.05) is 13.8 Å². The van der Waals surface area contributed by atoms with Crippen LogP contribution in [-0.4, -0.2) is 26.2 Å². The van der Waals surface area contributed by atoms with E-state index in [0.717, 1.165) is 24.0 Å². The SMILES string of the molecule is CC(C)CN(Cc1cnn(C)c1)Cc1cc2ccc(F)cc2[nH]c1=O. The summed E-state index contributed by atoms with van der Waals surface area (Å²) in [6, 6.07) is 6.30. The van der Waals surface area contributed by atoms with Crippen LogP contribution in [0, 0.1) is 11.7 Å². The minimum atomic E-state index is -0.353. The molecule has 0 bridgehead atoms. The molecule has 1 N–H and O–H groups in total. The Morgan fingerprint density at radius 2 is 2.08 bits per heavy atom. The van der Waals surface area contributed by atoms with Crippen molar-refractivity contribution < 1.29 is 4.39 Å². The first-order chi connectivity index (χ1) is 11.9. The van der Waals surface area contributed by atoms with Gasteiger partial charge in [0.25, 0.3) is 5.56 Å². The maximum absolute atomic E-state index is 13.3. The zero-order valence-electron chi connectivity index (χ0n) is 14.8. The summed E-state index contributed by atoms with van der Waals surface area (Å²) in [6.45, 7) is 6.45. The summed E-state index contributed by atoms with van der Waals surface area (Å²) >= 11 is 0. The van der Waals surface area contributed by atoms with Gasteiger partial charge in [-0.2, -0.15) is 5.10 Å². The predicted octanol–water partition coefficient (Wildman–Crippen LogP) is 3.06. The summed E-state index contributed by atoms with van der Waals surface area (Å²) in [4.78, 5) is 17.4. The molecule has 0 aliphatic rings. The van der Waals surface area contributed by atoms with Crippen LogP contribution in [0.15, 0.2) is 41.5 Å². The molecule has 0 aliphatic carbocycles. The molecule has 0 aliphatic heterocycles. The van der Waals surface area contributed by atoms with Crippen LogP contribution in [0.25, 0.3) is 10.9 Å². The van der Waals surface area contributed by atoms with E-state index < -0.39 is 0 Å². The van der Waals surface area contributed by atoms with Crippen molar-refractivity contribution in [2.75, 3.05) is 6.54 Å². The van der Waals surface area contributed by atoms with Crippen LogP contribution < -0.4 is 5.56 Å². The average molecular weight is 342 g/mol. The Morgan fingerprint density at radius 1 is 1.28 bits per heavy atom. The maximum atomic E-state index is 13.3. The minimum absolute atomic E-state index is 0.168. The summed E-state index contributed by atoms with van der Waals surface area (Å²) < 4.78 is 15.1. The van der Waals surface area contributed by atoms with Gasteiger partial charge in [-0.3, -0.25) is 14.4 Å². The molecule has 25 heavy (non-hydrogen) atoms. The van der Waals surface area contributed by atoms with Crippen LogP contribution in [0.5, 0.6) is 0 Å². The molecule has 0 saturated heterocycles. The van der Waals surface area contributed by atoms with Crippen molar-refractivity contribution in [2.45, 2.75) is 26.9 Å². The van der Waals surface area contributed by atoms with Crippen LogP contribution in [0.4, 0.5) is 4.39 Å². The molecule has 0 radical (unpaired) electrons. The smallest absolute Gasteiger partial charge is 0.252 e. The fourth-order valence-electron chi connectivity index (χ4n) is 3.09. The molecule has 0 fully saturated rings. The molecule has 2 aromatic heterocycles. The molecule has 0 unspecified atom stereocenters.